The van der Waals surface area contributed by atoms with Gasteiger partial charge in [0.15, 0.2) is 0 Å². The van der Waals surface area contributed by atoms with Gasteiger partial charge in [-0.15, -0.1) is 0 Å². The van der Waals surface area contributed by atoms with Crippen molar-refractivity contribution < 1.29 is 19.1 Å². The third kappa shape index (κ3) is 3.59. The number of carboxylic acid groups (broad SMARTS) is 1. The van der Waals surface area contributed by atoms with E-state index in [2.05, 4.69) is 33.2 Å². The van der Waals surface area contributed by atoms with Gasteiger partial charge in [-0.2, -0.15) is 0 Å². The van der Waals surface area contributed by atoms with Gasteiger partial charge in [-0.3, -0.25) is 4.79 Å². The van der Waals surface area contributed by atoms with Gasteiger partial charge < -0.3 is 20.3 Å². The maximum absolute atomic E-state index is 14.2. The molecule has 1 atom stereocenters. The number of carbonyl (C=O) groups excluding carboxylic acids is 1. The monoisotopic (exact) mass is 477 g/mol. The van der Waals surface area contributed by atoms with Crippen molar-refractivity contribution >= 4 is 46.2 Å². The Morgan fingerprint density at radius 2 is 2.20 bits per heavy atom. The lowest BCUT2D eigenvalue weighted by molar-refractivity contribution is 0.0911. The molecule has 1 aromatic heterocycles. The second kappa shape index (κ2) is 7.20. The minimum atomic E-state index is -1.09. The van der Waals surface area contributed by atoms with Gasteiger partial charge in [0, 0.05) is 29.2 Å². The molecule has 6 nitrogen and oxygen atoms in total. The second-order valence-electron chi connectivity index (χ2n) is 5.61. The van der Waals surface area contributed by atoms with Gasteiger partial charge >= 0.3 is 6.09 Å². The van der Waals surface area contributed by atoms with Crippen molar-refractivity contribution in [3.8, 4) is 11.1 Å². The molecule has 2 aromatic rings. The molecular weight excluding hydrogens is 464 g/mol. The SMILES string of the molecule is O=C(O)NCCC1CNC(=O)c2cc(-c3cc(Cl)ccc3F)c(I)n21. The largest absolute Gasteiger partial charge is 0.465 e. The van der Waals surface area contributed by atoms with E-state index < -0.39 is 11.9 Å². The summed E-state index contributed by atoms with van der Waals surface area (Å²) in [5.41, 5.74) is 1.34. The zero-order valence-electron chi connectivity index (χ0n) is 12.9. The van der Waals surface area contributed by atoms with Crippen LogP contribution in [-0.4, -0.2) is 34.8 Å². The van der Waals surface area contributed by atoms with Gasteiger partial charge in [-0.1, -0.05) is 11.6 Å². The van der Waals surface area contributed by atoms with Gasteiger partial charge in [0.1, 0.15) is 11.5 Å². The molecule has 3 rings (SSSR count). The number of nitrogens with one attached hydrogen (secondary N) is 2. The van der Waals surface area contributed by atoms with E-state index in [0.29, 0.717) is 38.5 Å². The maximum atomic E-state index is 14.2. The number of carbonyl (C=O) groups is 2. The number of halogens is 3. The van der Waals surface area contributed by atoms with Crippen LogP contribution in [-0.2, 0) is 0 Å². The Labute approximate surface area is 161 Å². The van der Waals surface area contributed by atoms with Crippen molar-refractivity contribution in [1.82, 2.24) is 15.2 Å². The van der Waals surface area contributed by atoms with Crippen LogP contribution in [0, 0.1) is 9.52 Å². The lowest BCUT2D eigenvalue weighted by Gasteiger charge is -2.27. The van der Waals surface area contributed by atoms with Crippen LogP contribution in [0.15, 0.2) is 24.3 Å². The maximum Gasteiger partial charge on any atom is 0.404 e. The first-order valence-corrected chi connectivity index (χ1v) is 8.95. The van der Waals surface area contributed by atoms with Crippen LogP contribution in [0.4, 0.5) is 9.18 Å². The molecule has 0 fully saturated rings. The molecule has 1 aliphatic heterocycles. The molecule has 9 heteroatoms. The van der Waals surface area contributed by atoms with Gasteiger partial charge in [0.2, 0.25) is 0 Å². The molecule has 0 saturated heterocycles. The summed E-state index contributed by atoms with van der Waals surface area (Å²) in [5.74, 6) is -0.663. The van der Waals surface area contributed by atoms with E-state index >= 15 is 0 Å². The normalized spacial score (nSPS) is 16.3. The highest BCUT2D eigenvalue weighted by molar-refractivity contribution is 14.1. The van der Waals surface area contributed by atoms with E-state index in [1.807, 2.05) is 4.57 Å². The molecule has 1 aromatic carbocycles. The van der Waals surface area contributed by atoms with Crippen molar-refractivity contribution in [1.29, 1.82) is 0 Å². The number of aromatic nitrogens is 1. The van der Waals surface area contributed by atoms with Gasteiger partial charge in [-0.25, -0.2) is 9.18 Å². The number of benzene rings is 1. The first-order valence-electron chi connectivity index (χ1n) is 7.49. The summed E-state index contributed by atoms with van der Waals surface area (Å²) in [6, 6.07) is 5.80. The van der Waals surface area contributed by atoms with Gasteiger partial charge in [0.25, 0.3) is 5.91 Å². The fraction of sp³-hybridized carbons (Fsp3) is 0.250. The molecule has 0 aliphatic carbocycles. The third-order valence-electron chi connectivity index (χ3n) is 4.04. The summed E-state index contributed by atoms with van der Waals surface area (Å²) in [5, 5.41) is 14.2. The first kappa shape index (κ1) is 18.0. The van der Waals surface area contributed by atoms with Crippen LogP contribution in [0.2, 0.25) is 5.02 Å². The van der Waals surface area contributed by atoms with Gasteiger partial charge in [0.05, 0.1) is 9.74 Å². The van der Waals surface area contributed by atoms with E-state index in [0.717, 1.165) is 0 Å². The zero-order valence-corrected chi connectivity index (χ0v) is 15.8. The number of nitrogens with zero attached hydrogens (tertiary/aromatic N) is 1. The average molecular weight is 478 g/mol. The molecule has 0 saturated carbocycles. The summed E-state index contributed by atoms with van der Waals surface area (Å²) in [7, 11) is 0. The van der Waals surface area contributed by atoms with Crippen LogP contribution in [0.3, 0.4) is 0 Å². The summed E-state index contributed by atoms with van der Waals surface area (Å²) in [6.07, 6.45) is -0.592. The van der Waals surface area contributed by atoms with E-state index in [1.54, 1.807) is 6.07 Å². The third-order valence-corrected chi connectivity index (χ3v) is 5.38. The highest BCUT2D eigenvalue weighted by Gasteiger charge is 2.29. The number of hydrogen-bond acceptors (Lipinski definition) is 2. The Bertz CT molecular complexity index is 855. The minimum absolute atomic E-state index is 0.123. The summed E-state index contributed by atoms with van der Waals surface area (Å²) in [4.78, 5) is 22.8. The fourth-order valence-electron chi connectivity index (χ4n) is 2.90. The molecule has 0 radical (unpaired) electrons. The Kier molecular flexibility index (Phi) is 5.19. The standard InChI is InChI=1S/C16H14ClFIN3O3/c17-8-1-2-12(18)10(5-8)11-6-13-15(23)21-7-9(22(13)14(11)19)3-4-20-16(24)25/h1-2,5-6,9,20H,3-4,7H2,(H,21,23)(H,24,25). The highest BCUT2D eigenvalue weighted by atomic mass is 127. The molecule has 2 heterocycles. The average Bonchev–Trinajstić information content (AvgIpc) is 2.90. The van der Waals surface area contributed by atoms with Crippen molar-refractivity contribution in [3.05, 3.63) is 44.5 Å². The molecule has 0 spiro atoms. The molecule has 3 N–H and O–H groups in total. The number of amides is 2. The van der Waals surface area contributed by atoms with E-state index in [1.165, 1.54) is 18.2 Å². The lowest BCUT2D eigenvalue weighted by atomic mass is 10.1. The Hall–Kier alpha value is -1.81. The van der Waals surface area contributed by atoms with E-state index in [9.17, 15) is 14.0 Å². The quantitative estimate of drug-likeness (QED) is 0.590. The zero-order chi connectivity index (χ0) is 18.1. The van der Waals surface area contributed by atoms with Crippen molar-refractivity contribution in [3.63, 3.8) is 0 Å². The first-order chi connectivity index (χ1) is 11.9. The lowest BCUT2D eigenvalue weighted by Crippen LogP contribution is -2.40. The van der Waals surface area contributed by atoms with Crippen LogP contribution < -0.4 is 10.6 Å². The summed E-state index contributed by atoms with van der Waals surface area (Å²) < 4.78 is 16.8. The molecule has 25 heavy (non-hydrogen) atoms. The molecule has 1 unspecified atom stereocenters. The Balaban J connectivity index is 2.01. The number of fused-ring (bicyclic) bond motifs is 1. The van der Waals surface area contributed by atoms with Gasteiger partial charge in [-0.05, 0) is 53.3 Å². The van der Waals surface area contributed by atoms with Crippen LogP contribution >= 0.6 is 34.2 Å². The molecule has 1 aliphatic rings. The number of hydrogen-bond donors (Lipinski definition) is 3. The minimum Gasteiger partial charge on any atom is -0.465 e. The molecule has 132 valence electrons. The van der Waals surface area contributed by atoms with Crippen molar-refractivity contribution in [2.45, 2.75) is 12.5 Å². The topological polar surface area (TPSA) is 83.4 Å². The van der Waals surface area contributed by atoms with E-state index in [4.69, 9.17) is 16.7 Å². The second-order valence-corrected chi connectivity index (χ2v) is 7.07. The number of rotatable bonds is 4. The van der Waals surface area contributed by atoms with E-state index in [-0.39, 0.29) is 18.5 Å². The predicted molar refractivity (Wildman–Crippen MR) is 99.6 cm³/mol. The van der Waals surface area contributed by atoms with Crippen molar-refractivity contribution in [2.24, 2.45) is 0 Å². The Morgan fingerprint density at radius 3 is 2.92 bits per heavy atom. The molecular formula is C16H14ClFIN3O3. The van der Waals surface area contributed by atoms with Crippen LogP contribution in [0.25, 0.3) is 11.1 Å². The Morgan fingerprint density at radius 1 is 1.44 bits per heavy atom. The van der Waals surface area contributed by atoms with Crippen molar-refractivity contribution in [2.75, 3.05) is 13.1 Å². The highest BCUT2D eigenvalue weighted by Crippen LogP contribution is 2.35. The summed E-state index contributed by atoms with van der Waals surface area (Å²) in [6.45, 7) is 0.639. The molecule has 2 amide bonds. The van der Waals surface area contributed by atoms with Crippen LogP contribution in [0.5, 0.6) is 0 Å². The molecule has 0 bridgehead atoms. The van der Waals surface area contributed by atoms with Crippen LogP contribution in [0.1, 0.15) is 23.0 Å². The predicted octanol–water partition coefficient (Wildman–Crippen LogP) is 3.49. The smallest absolute Gasteiger partial charge is 0.404 e. The summed E-state index contributed by atoms with van der Waals surface area (Å²) >= 11 is 8.06. The fourth-order valence-corrected chi connectivity index (χ4v) is 4.17.